The van der Waals surface area contributed by atoms with Crippen LogP contribution in [0.15, 0.2) is 12.1 Å². The molecule has 0 bridgehead atoms. The number of hydrogen-bond donors (Lipinski definition) is 1. The lowest BCUT2D eigenvalue weighted by Gasteiger charge is -2.18. The Hall–Kier alpha value is -1.22. The zero-order valence-corrected chi connectivity index (χ0v) is 10.8. The average Bonchev–Trinajstić information content (AvgIpc) is 2.74. The summed E-state index contributed by atoms with van der Waals surface area (Å²) < 4.78 is 11.0. The lowest BCUT2D eigenvalue weighted by molar-refractivity contribution is 0.352. The summed E-state index contributed by atoms with van der Waals surface area (Å²) >= 11 is 0. The Bertz CT molecular complexity index is 401. The fourth-order valence-corrected chi connectivity index (χ4v) is 2.10. The molecule has 3 nitrogen and oxygen atoms in total. The normalized spacial score (nSPS) is 15.6. The Labute approximate surface area is 103 Å². The van der Waals surface area contributed by atoms with E-state index in [1.54, 1.807) is 7.11 Å². The largest absolute Gasteiger partial charge is 0.496 e. The molecule has 0 saturated carbocycles. The van der Waals surface area contributed by atoms with Crippen LogP contribution in [-0.2, 0) is 12.8 Å². The zero-order valence-electron chi connectivity index (χ0n) is 10.8. The lowest BCUT2D eigenvalue weighted by atomic mass is 9.95. The summed E-state index contributed by atoms with van der Waals surface area (Å²) in [6.45, 7) is 5.07. The van der Waals surface area contributed by atoms with Crippen LogP contribution < -0.4 is 15.2 Å². The van der Waals surface area contributed by atoms with E-state index in [4.69, 9.17) is 15.2 Å². The third kappa shape index (κ3) is 2.55. The molecular weight excluding hydrogens is 214 g/mol. The zero-order chi connectivity index (χ0) is 12.4. The second-order valence-corrected chi connectivity index (χ2v) is 4.98. The van der Waals surface area contributed by atoms with Crippen molar-refractivity contribution < 1.29 is 9.47 Å². The Balaban J connectivity index is 2.26. The first-order valence-electron chi connectivity index (χ1n) is 6.20. The average molecular weight is 235 g/mol. The summed E-state index contributed by atoms with van der Waals surface area (Å²) in [4.78, 5) is 0. The summed E-state index contributed by atoms with van der Waals surface area (Å²) in [5.41, 5.74) is 8.60. The Morgan fingerprint density at radius 3 is 2.82 bits per heavy atom. The van der Waals surface area contributed by atoms with Gasteiger partial charge in [0, 0.05) is 18.5 Å². The number of ether oxygens (including phenoxy) is 2. The first-order chi connectivity index (χ1) is 8.11. The second kappa shape index (κ2) is 4.96. The van der Waals surface area contributed by atoms with Gasteiger partial charge in [-0.3, -0.25) is 0 Å². The van der Waals surface area contributed by atoms with Crippen LogP contribution in [0.2, 0.25) is 0 Å². The predicted octanol–water partition coefficient (Wildman–Crippen LogP) is 2.16. The summed E-state index contributed by atoms with van der Waals surface area (Å²) in [7, 11) is 1.70. The van der Waals surface area contributed by atoms with Crippen molar-refractivity contribution in [3.8, 4) is 11.5 Å². The highest BCUT2D eigenvalue weighted by atomic mass is 16.5. The fourth-order valence-electron chi connectivity index (χ4n) is 2.10. The van der Waals surface area contributed by atoms with Gasteiger partial charge in [0.15, 0.2) is 0 Å². The maximum Gasteiger partial charge on any atom is 0.126 e. The minimum absolute atomic E-state index is 0.171. The van der Waals surface area contributed by atoms with Crippen molar-refractivity contribution in [3.05, 3.63) is 23.3 Å². The van der Waals surface area contributed by atoms with E-state index in [1.807, 2.05) is 6.07 Å². The van der Waals surface area contributed by atoms with Crippen molar-refractivity contribution in [3.63, 3.8) is 0 Å². The molecule has 3 heteroatoms. The summed E-state index contributed by atoms with van der Waals surface area (Å²) in [6, 6.07) is 4.35. The van der Waals surface area contributed by atoms with E-state index >= 15 is 0 Å². The van der Waals surface area contributed by atoms with Crippen LogP contribution in [0, 0.1) is 5.92 Å². The molecule has 1 atom stereocenters. The SMILES string of the molecule is COc1cc2c(cc1CC(N)C(C)C)CCO2. The van der Waals surface area contributed by atoms with Gasteiger partial charge in [-0.25, -0.2) is 0 Å². The quantitative estimate of drug-likeness (QED) is 0.869. The smallest absolute Gasteiger partial charge is 0.126 e. The maximum atomic E-state index is 6.13. The molecule has 0 amide bonds. The van der Waals surface area contributed by atoms with Gasteiger partial charge in [-0.05, 0) is 29.5 Å². The van der Waals surface area contributed by atoms with Crippen molar-refractivity contribution in [2.75, 3.05) is 13.7 Å². The Kier molecular flexibility index (Phi) is 3.57. The van der Waals surface area contributed by atoms with Gasteiger partial charge in [-0.15, -0.1) is 0 Å². The van der Waals surface area contributed by atoms with Crippen LogP contribution in [-0.4, -0.2) is 19.8 Å². The number of hydrogen-bond acceptors (Lipinski definition) is 3. The molecule has 2 rings (SSSR count). The molecular formula is C14H21NO2. The Morgan fingerprint density at radius 2 is 2.18 bits per heavy atom. The van der Waals surface area contributed by atoms with E-state index in [-0.39, 0.29) is 6.04 Å². The van der Waals surface area contributed by atoms with Crippen LogP contribution in [0.1, 0.15) is 25.0 Å². The van der Waals surface area contributed by atoms with Gasteiger partial charge >= 0.3 is 0 Å². The number of benzene rings is 1. The minimum atomic E-state index is 0.171. The van der Waals surface area contributed by atoms with Gasteiger partial charge in [-0.1, -0.05) is 13.8 Å². The highest BCUT2D eigenvalue weighted by Gasteiger charge is 2.18. The molecule has 1 aliphatic heterocycles. The first kappa shape index (κ1) is 12.2. The first-order valence-corrected chi connectivity index (χ1v) is 6.20. The van der Waals surface area contributed by atoms with Crippen molar-refractivity contribution >= 4 is 0 Å². The van der Waals surface area contributed by atoms with Crippen molar-refractivity contribution in [1.82, 2.24) is 0 Å². The molecule has 1 aromatic carbocycles. The topological polar surface area (TPSA) is 44.5 Å². The number of fused-ring (bicyclic) bond motifs is 1. The Morgan fingerprint density at radius 1 is 1.41 bits per heavy atom. The molecule has 0 saturated heterocycles. The van der Waals surface area contributed by atoms with Crippen LogP contribution in [0.5, 0.6) is 11.5 Å². The molecule has 2 N–H and O–H groups in total. The molecule has 1 unspecified atom stereocenters. The molecule has 0 spiro atoms. The van der Waals surface area contributed by atoms with Gasteiger partial charge in [0.2, 0.25) is 0 Å². The minimum Gasteiger partial charge on any atom is -0.496 e. The van der Waals surface area contributed by atoms with Crippen molar-refractivity contribution in [2.45, 2.75) is 32.7 Å². The van der Waals surface area contributed by atoms with E-state index in [9.17, 15) is 0 Å². The molecule has 1 heterocycles. The molecule has 17 heavy (non-hydrogen) atoms. The summed E-state index contributed by atoms with van der Waals surface area (Å²) in [5, 5.41) is 0. The van der Waals surface area contributed by atoms with Gasteiger partial charge in [-0.2, -0.15) is 0 Å². The van der Waals surface area contributed by atoms with Crippen LogP contribution in [0.3, 0.4) is 0 Å². The van der Waals surface area contributed by atoms with Gasteiger partial charge in [0.1, 0.15) is 11.5 Å². The monoisotopic (exact) mass is 235 g/mol. The van der Waals surface area contributed by atoms with Crippen molar-refractivity contribution in [1.29, 1.82) is 0 Å². The van der Waals surface area contributed by atoms with Crippen LogP contribution >= 0.6 is 0 Å². The molecule has 1 aliphatic rings. The predicted molar refractivity (Wildman–Crippen MR) is 68.7 cm³/mol. The molecule has 0 radical (unpaired) electrons. The van der Waals surface area contributed by atoms with E-state index in [0.29, 0.717) is 5.92 Å². The van der Waals surface area contributed by atoms with E-state index in [2.05, 4.69) is 19.9 Å². The van der Waals surface area contributed by atoms with Gasteiger partial charge in [0.05, 0.1) is 13.7 Å². The number of methoxy groups -OCH3 is 1. The maximum absolute atomic E-state index is 6.13. The summed E-state index contributed by atoms with van der Waals surface area (Å²) in [5.74, 6) is 2.33. The van der Waals surface area contributed by atoms with Gasteiger partial charge < -0.3 is 15.2 Å². The molecule has 0 fully saturated rings. The highest BCUT2D eigenvalue weighted by Crippen LogP contribution is 2.33. The molecule has 94 valence electrons. The number of nitrogens with two attached hydrogens (primary N) is 1. The highest BCUT2D eigenvalue weighted by molar-refractivity contribution is 5.48. The standard InChI is InChI=1S/C14H21NO2/c1-9(2)12(15)7-11-6-10-4-5-17-14(10)8-13(11)16-3/h6,8-9,12H,4-5,7,15H2,1-3H3. The lowest BCUT2D eigenvalue weighted by Crippen LogP contribution is -2.28. The third-order valence-electron chi connectivity index (χ3n) is 3.40. The third-order valence-corrected chi connectivity index (χ3v) is 3.40. The summed E-state index contributed by atoms with van der Waals surface area (Å²) in [6.07, 6.45) is 1.84. The number of rotatable bonds is 4. The molecule has 0 aromatic heterocycles. The van der Waals surface area contributed by atoms with Crippen LogP contribution in [0.4, 0.5) is 0 Å². The van der Waals surface area contributed by atoms with E-state index in [1.165, 1.54) is 11.1 Å². The van der Waals surface area contributed by atoms with Crippen LogP contribution in [0.25, 0.3) is 0 Å². The fraction of sp³-hybridized carbons (Fsp3) is 0.571. The van der Waals surface area contributed by atoms with E-state index < -0.39 is 0 Å². The van der Waals surface area contributed by atoms with Gasteiger partial charge in [0.25, 0.3) is 0 Å². The molecule has 1 aromatic rings. The second-order valence-electron chi connectivity index (χ2n) is 4.98. The van der Waals surface area contributed by atoms with Crippen molar-refractivity contribution in [2.24, 2.45) is 11.7 Å². The van der Waals surface area contributed by atoms with E-state index in [0.717, 1.165) is 30.9 Å². The molecule has 0 aliphatic carbocycles.